The SMILES string of the molecule is Clc1ccc(C[NH2+]Cc2ccc3c(c2)OCO3)cc1Cl. The minimum atomic E-state index is 0.311. The molecule has 0 spiro atoms. The first-order valence-corrected chi connectivity index (χ1v) is 7.12. The summed E-state index contributed by atoms with van der Waals surface area (Å²) in [6.07, 6.45) is 0. The second-order valence-electron chi connectivity index (χ2n) is 4.63. The molecule has 20 heavy (non-hydrogen) atoms. The topological polar surface area (TPSA) is 35.1 Å². The number of fused-ring (bicyclic) bond motifs is 1. The van der Waals surface area contributed by atoms with Crippen molar-refractivity contribution in [3.05, 3.63) is 57.6 Å². The van der Waals surface area contributed by atoms with Crippen molar-refractivity contribution in [2.45, 2.75) is 13.1 Å². The molecule has 0 bridgehead atoms. The van der Waals surface area contributed by atoms with E-state index in [-0.39, 0.29) is 0 Å². The van der Waals surface area contributed by atoms with E-state index in [0.717, 1.165) is 30.2 Å². The number of quaternary nitrogens is 1. The van der Waals surface area contributed by atoms with Gasteiger partial charge in [-0.3, -0.25) is 0 Å². The van der Waals surface area contributed by atoms with Gasteiger partial charge in [0.2, 0.25) is 6.79 Å². The van der Waals surface area contributed by atoms with Crippen LogP contribution in [0.15, 0.2) is 36.4 Å². The van der Waals surface area contributed by atoms with Gasteiger partial charge in [-0.1, -0.05) is 29.3 Å². The second kappa shape index (κ2) is 5.92. The average Bonchev–Trinajstić information content (AvgIpc) is 2.90. The molecule has 1 aliphatic rings. The van der Waals surface area contributed by atoms with Crippen LogP contribution in [0.2, 0.25) is 10.0 Å². The summed E-state index contributed by atoms with van der Waals surface area (Å²) in [4.78, 5) is 0. The Morgan fingerprint density at radius 2 is 1.55 bits per heavy atom. The summed E-state index contributed by atoms with van der Waals surface area (Å²) >= 11 is 11.9. The lowest BCUT2D eigenvalue weighted by atomic mass is 10.2. The molecule has 0 saturated heterocycles. The van der Waals surface area contributed by atoms with Gasteiger partial charge in [-0.15, -0.1) is 0 Å². The van der Waals surface area contributed by atoms with E-state index < -0.39 is 0 Å². The van der Waals surface area contributed by atoms with E-state index in [9.17, 15) is 0 Å². The summed E-state index contributed by atoms with van der Waals surface area (Å²) < 4.78 is 10.7. The predicted octanol–water partition coefficient (Wildman–Crippen LogP) is 2.99. The highest BCUT2D eigenvalue weighted by Crippen LogP contribution is 2.32. The van der Waals surface area contributed by atoms with Gasteiger partial charge in [-0.25, -0.2) is 0 Å². The standard InChI is InChI=1S/C15H13Cl2NO2/c16-12-3-1-10(5-13(12)17)7-18-8-11-2-4-14-15(6-11)20-9-19-14/h1-6,18H,7-9H2/p+1. The van der Waals surface area contributed by atoms with E-state index in [1.165, 1.54) is 5.56 Å². The Labute approximate surface area is 127 Å². The quantitative estimate of drug-likeness (QED) is 0.942. The minimum absolute atomic E-state index is 0.311. The van der Waals surface area contributed by atoms with Gasteiger partial charge in [-0.2, -0.15) is 0 Å². The lowest BCUT2D eigenvalue weighted by Gasteiger charge is -2.04. The van der Waals surface area contributed by atoms with Crippen LogP contribution < -0.4 is 14.8 Å². The van der Waals surface area contributed by atoms with Crippen molar-refractivity contribution in [2.24, 2.45) is 0 Å². The number of ether oxygens (including phenoxy) is 2. The van der Waals surface area contributed by atoms with Crippen molar-refractivity contribution >= 4 is 23.2 Å². The normalized spacial score (nSPS) is 12.7. The molecule has 1 aliphatic heterocycles. The van der Waals surface area contributed by atoms with E-state index in [2.05, 4.69) is 11.4 Å². The summed E-state index contributed by atoms with van der Waals surface area (Å²) in [6, 6.07) is 11.7. The van der Waals surface area contributed by atoms with Crippen LogP contribution in [-0.4, -0.2) is 6.79 Å². The van der Waals surface area contributed by atoms with Gasteiger partial charge < -0.3 is 14.8 Å². The summed E-state index contributed by atoms with van der Waals surface area (Å²) in [7, 11) is 0. The molecule has 0 fully saturated rings. The van der Waals surface area contributed by atoms with E-state index in [4.69, 9.17) is 32.7 Å². The van der Waals surface area contributed by atoms with Crippen molar-refractivity contribution in [3.8, 4) is 11.5 Å². The molecular weight excluding hydrogens is 297 g/mol. The third kappa shape index (κ3) is 3.01. The number of nitrogens with two attached hydrogens (primary N) is 1. The zero-order valence-corrected chi connectivity index (χ0v) is 12.2. The first kappa shape index (κ1) is 13.6. The van der Waals surface area contributed by atoms with Crippen LogP contribution in [0, 0.1) is 0 Å². The highest BCUT2D eigenvalue weighted by Gasteiger charge is 2.13. The van der Waals surface area contributed by atoms with Crippen molar-refractivity contribution in [1.82, 2.24) is 0 Å². The molecule has 0 unspecified atom stereocenters. The third-order valence-corrected chi connectivity index (χ3v) is 3.92. The fourth-order valence-corrected chi connectivity index (χ4v) is 2.46. The van der Waals surface area contributed by atoms with E-state index in [0.29, 0.717) is 16.8 Å². The Morgan fingerprint density at radius 1 is 0.850 bits per heavy atom. The van der Waals surface area contributed by atoms with Crippen molar-refractivity contribution < 1.29 is 14.8 Å². The maximum Gasteiger partial charge on any atom is 0.231 e. The average molecular weight is 311 g/mol. The summed E-state index contributed by atoms with van der Waals surface area (Å²) in [5.41, 5.74) is 2.36. The molecule has 0 amide bonds. The molecule has 0 radical (unpaired) electrons. The molecular formula is C15H14Cl2NO2+. The highest BCUT2D eigenvalue weighted by molar-refractivity contribution is 6.42. The Kier molecular flexibility index (Phi) is 4.01. The number of hydrogen-bond acceptors (Lipinski definition) is 2. The summed E-state index contributed by atoms with van der Waals surface area (Å²) in [5, 5.41) is 3.39. The molecule has 0 aliphatic carbocycles. The molecule has 0 saturated carbocycles. The molecule has 3 rings (SSSR count). The largest absolute Gasteiger partial charge is 0.454 e. The van der Waals surface area contributed by atoms with Crippen LogP contribution in [0.5, 0.6) is 11.5 Å². The van der Waals surface area contributed by atoms with E-state index in [1.54, 1.807) is 0 Å². The van der Waals surface area contributed by atoms with Gasteiger partial charge in [0.25, 0.3) is 0 Å². The predicted molar refractivity (Wildman–Crippen MR) is 78.4 cm³/mol. The molecule has 104 valence electrons. The molecule has 2 N–H and O–H groups in total. The van der Waals surface area contributed by atoms with Gasteiger partial charge in [0.15, 0.2) is 11.5 Å². The van der Waals surface area contributed by atoms with Crippen LogP contribution >= 0.6 is 23.2 Å². The fourth-order valence-electron chi connectivity index (χ4n) is 2.14. The molecule has 1 heterocycles. The van der Waals surface area contributed by atoms with Crippen molar-refractivity contribution in [1.29, 1.82) is 0 Å². The molecule has 0 atom stereocenters. The molecule has 3 nitrogen and oxygen atoms in total. The van der Waals surface area contributed by atoms with Crippen LogP contribution in [-0.2, 0) is 13.1 Å². The zero-order chi connectivity index (χ0) is 13.9. The first-order valence-electron chi connectivity index (χ1n) is 6.36. The second-order valence-corrected chi connectivity index (χ2v) is 5.45. The Morgan fingerprint density at radius 3 is 2.35 bits per heavy atom. The molecule has 2 aromatic rings. The number of rotatable bonds is 4. The van der Waals surface area contributed by atoms with Gasteiger partial charge in [0.05, 0.1) is 10.0 Å². The minimum Gasteiger partial charge on any atom is -0.454 e. The zero-order valence-electron chi connectivity index (χ0n) is 10.7. The molecule has 0 aromatic heterocycles. The first-order chi connectivity index (χ1) is 9.72. The maximum absolute atomic E-state index is 6.00. The monoisotopic (exact) mass is 310 g/mol. The Hall–Kier alpha value is -1.42. The summed E-state index contributed by atoms with van der Waals surface area (Å²) in [6.45, 7) is 2.04. The van der Waals surface area contributed by atoms with Gasteiger partial charge >= 0.3 is 0 Å². The highest BCUT2D eigenvalue weighted by atomic mass is 35.5. The number of hydrogen-bond donors (Lipinski definition) is 1. The lowest BCUT2D eigenvalue weighted by Crippen LogP contribution is -2.80. The van der Waals surface area contributed by atoms with Crippen molar-refractivity contribution in [3.63, 3.8) is 0 Å². The van der Waals surface area contributed by atoms with Gasteiger partial charge in [0.1, 0.15) is 13.1 Å². The fraction of sp³-hybridized carbons (Fsp3) is 0.200. The van der Waals surface area contributed by atoms with Crippen LogP contribution in [0.3, 0.4) is 0 Å². The van der Waals surface area contributed by atoms with E-state index in [1.807, 2.05) is 30.3 Å². The number of halogens is 2. The van der Waals surface area contributed by atoms with Crippen LogP contribution in [0.4, 0.5) is 0 Å². The van der Waals surface area contributed by atoms with Crippen LogP contribution in [0.1, 0.15) is 11.1 Å². The Bertz CT molecular complexity index is 631. The third-order valence-electron chi connectivity index (χ3n) is 3.18. The van der Waals surface area contributed by atoms with Crippen LogP contribution in [0.25, 0.3) is 0 Å². The smallest absolute Gasteiger partial charge is 0.231 e. The Balaban J connectivity index is 1.58. The number of benzene rings is 2. The van der Waals surface area contributed by atoms with E-state index >= 15 is 0 Å². The maximum atomic E-state index is 6.00. The molecule has 5 heteroatoms. The van der Waals surface area contributed by atoms with Crippen molar-refractivity contribution in [2.75, 3.05) is 6.79 Å². The lowest BCUT2D eigenvalue weighted by molar-refractivity contribution is -0.686. The van der Waals surface area contributed by atoms with Gasteiger partial charge in [0, 0.05) is 11.1 Å². The van der Waals surface area contributed by atoms with Gasteiger partial charge in [-0.05, 0) is 30.3 Å². The summed E-state index contributed by atoms with van der Waals surface area (Å²) in [5.74, 6) is 1.64. The molecule has 2 aromatic carbocycles.